The lowest BCUT2D eigenvalue weighted by atomic mass is 9.82. The predicted octanol–water partition coefficient (Wildman–Crippen LogP) is 3.57. The molecule has 3 aliphatic carbocycles. The third-order valence-corrected chi connectivity index (χ3v) is 8.11. The molecule has 180 valence electrons. The molecule has 0 amide bonds. The summed E-state index contributed by atoms with van der Waals surface area (Å²) in [5, 5.41) is 0. The first-order valence-corrected chi connectivity index (χ1v) is 12.2. The van der Waals surface area contributed by atoms with Gasteiger partial charge in [0.2, 0.25) is 5.79 Å². The van der Waals surface area contributed by atoms with E-state index in [4.69, 9.17) is 33.4 Å². The largest absolute Gasteiger partial charge is 0.492 e. The first-order chi connectivity index (χ1) is 15.8. The number of hydrogen-bond donors (Lipinski definition) is 0. The molecule has 2 aliphatic heterocycles. The highest BCUT2D eigenvalue weighted by molar-refractivity contribution is 5.82. The summed E-state index contributed by atoms with van der Waals surface area (Å²) in [5.74, 6) is -0.828. The van der Waals surface area contributed by atoms with Crippen LogP contribution < -0.4 is 0 Å². The summed E-state index contributed by atoms with van der Waals surface area (Å²) in [5.41, 5.74) is 5.26. The second kappa shape index (κ2) is 7.25. The molecule has 0 aromatic carbocycles. The van der Waals surface area contributed by atoms with Crippen LogP contribution in [0.25, 0.3) is 5.57 Å². The van der Waals surface area contributed by atoms with E-state index in [1.165, 1.54) is 0 Å². The Morgan fingerprint density at radius 3 is 2.48 bits per heavy atom. The number of ether oxygens (including phenoxy) is 6. The van der Waals surface area contributed by atoms with Crippen molar-refractivity contribution in [3.8, 4) is 0 Å². The molecule has 0 N–H and O–H groups in total. The van der Waals surface area contributed by atoms with Gasteiger partial charge in [-0.2, -0.15) is 0 Å². The molecule has 0 radical (unpaired) electrons. The normalized spacial score (nSPS) is 34.2. The van der Waals surface area contributed by atoms with Crippen molar-refractivity contribution in [3.05, 3.63) is 34.3 Å². The lowest BCUT2D eigenvalue weighted by Gasteiger charge is -2.39. The Bertz CT molecular complexity index is 1000. The van der Waals surface area contributed by atoms with Crippen LogP contribution in [0.4, 0.5) is 0 Å². The third-order valence-electron chi connectivity index (χ3n) is 8.11. The first kappa shape index (κ1) is 22.0. The molecule has 7 nitrogen and oxygen atoms in total. The van der Waals surface area contributed by atoms with E-state index in [1.807, 2.05) is 0 Å². The van der Waals surface area contributed by atoms with Gasteiger partial charge in [0, 0.05) is 48.1 Å². The van der Waals surface area contributed by atoms with Gasteiger partial charge in [-0.3, -0.25) is 4.98 Å². The van der Waals surface area contributed by atoms with Crippen molar-refractivity contribution in [3.63, 3.8) is 0 Å². The van der Waals surface area contributed by atoms with Gasteiger partial charge in [0.15, 0.2) is 5.79 Å². The van der Waals surface area contributed by atoms with Crippen LogP contribution in [0.1, 0.15) is 49.7 Å². The van der Waals surface area contributed by atoms with Gasteiger partial charge < -0.3 is 28.4 Å². The first-order valence-electron chi connectivity index (χ1n) is 12.2. The van der Waals surface area contributed by atoms with Gasteiger partial charge in [-0.05, 0) is 25.0 Å². The number of nitrogens with zero attached hydrogens (tertiary/aromatic N) is 1. The monoisotopic (exact) mass is 457 g/mol. The lowest BCUT2D eigenvalue weighted by molar-refractivity contribution is -0.277. The van der Waals surface area contributed by atoms with Gasteiger partial charge >= 0.3 is 0 Å². The average Bonchev–Trinajstić information content (AvgIpc) is 3.35. The summed E-state index contributed by atoms with van der Waals surface area (Å²) >= 11 is 0. The fourth-order valence-corrected chi connectivity index (χ4v) is 6.81. The minimum Gasteiger partial charge on any atom is -0.492 e. The maximum Gasteiger partial charge on any atom is 0.204 e. The fraction of sp³-hybridized carbons (Fsp3) is 0.731. The average molecular weight is 458 g/mol. The standard InChI is InChI=1S/C26H35NO6/c1-7-8-16-18-15(11-14(2)27-16)17-19(25(18,28-5)29-6)20-21(23-22(17)30-9-10-31-23)26(20)32-12-24(3,4)13-33-26/h11,19-21,23H,7-10,12-13H2,1-6H3/t19?,20-,21-,23?/m1/s1. The van der Waals surface area contributed by atoms with Crippen LogP contribution >= 0.6 is 0 Å². The fourth-order valence-electron chi connectivity index (χ4n) is 6.81. The van der Waals surface area contributed by atoms with Crippen molar-refractivity contribution >= 4 is 5.57 Å². The third kappa shape index (κ3) is 2.77. The molecule has 7 heteroatoms. The van der Waals surface area contributed by atoms with E-state index in [-0.39, 0.29) is 29.3 Å². The van der Waals surface area contributed by atoms with Gasteiger partial charge in [0.05, 0.1) is 31.7 Å². The molecule has 0 bridgehead atoms. The highest BCUT2D eigenvalue weighted by Crippen LogP contribution is 2.74. The number of aryl methyl sites for hydroxylation is 2. The Morgan fingerprint density at radius 1 is 1.09 bits per heavy atom. The molecule has 1 aromatic heterocycles. The Labute approximate surface area is 195 Å². The van der Waals surface area contributed by atoms with Gasteiger partial charge in [0.1, 0.15) is 18.5 Å². The molecule has 4 atom stereocenters. The van der Waals surface area contributed by atoms with Crippen LogP contribution in [0.3, 0.4) is 0 Å². The highest BCUT2D eigenvalue weighted by atomic mass is 16.7. The SMILES string of the molecule is CCCc1nc(C)cc2c1C(OC)(OC)C1C2=C2OCCOC2[C@H]2[C@@H]1C21OCC(C)(C)CO1. The summed E-state index contributed by atoms with van der Waals surface area (Å²) in [6.45, 7) is 11.0. The Kier molecular flexibility index (Phi) is 4.83. The van der Waals surface area contributed by atoms with Crippen LogP contribution in [0.15, 0.2) is 11.8 Å². The van der Waals surface area contributed by atoms with Gasteiger partial charge in [0.25, 0.3) is 0 Å². The van der Waals surface area contributed by atoms with E-state index in [2.05, 4.69) is 33.8 Å². The summed E-state index contributed by atoms with van der Waals surface area (Å²) in [6.07, 6.45) is 1.66. The van der Waals surface area contributed by atoms with Crippen molar-refractivity contribution in [2.75, 3.05) is 40.6 Å². The van der Waals surface area contributed by atoms with Crippen LogP contribution in [0.2, 0.25) is 0 Å². The zero-order chi connectivity index (χ0) is 23.2. The van der Waals surface area contributed by atoms with E-state index < -0.39 is 11.6 Å². The quantitative estimate of drug-likeness (QED) is 0.640. The minimum absolute atomic E-state index is 0.0203. The number of aromatic nitrogens is 1. The van der Waals surface area contributed by atoms with E-state index in [0.717, 1.165) is 46.7 Å². The maximum absolute atomic E-state index is 6.57. The molecule has 1 aromatic rings. The number of rotatable bonds is 4. The molecule has 5 aliphatic rings. The number of fused-ring (bicyclic) bond motifs is 9. The second-order valence-corrected chi connectivity index (χ2v) is 10.9. The smallest absolute Gasteiger partial charge is 0.204 e. The van der Waals surface area contributed by atoms with Crippen molar-refractivity contribution in [2.24, 2.45) is 23.2 Å². The zero-order valence-corrected chi connectivity index (χ0v) is 20.5. The Hall–Kier alpha value is -1.51. The van der Waals surface area contributed by atoms with Crippen LogP contribution in [-0.2, 0) is 40.6 Å². The summed E-state index contributed by atoms with van der Waals surface area (Å²) in [7, 11) is 3.47. The molecule has 2 unspecified atom stereocenters. The molecule has 2 saturated heterocycles. The predicted molar refractivity (Wildman–Crippen MR) is 120 cm³/mol. The van der Waals surface area contributed by atoms with Gasteiger partial charge in [-0.15, -0.1) is 0 Å². The van der Waals surface area contributed by atoms with Crippen LogP contribution in [-0.4, -0.2) is 57.5 Å². The van der Waals surface area contributed by atoms with Crippen molar-refractivity contribution < 1.29 is 28.4 Å². The van der Waals surface area contributed by atoms with Gasteiger partial charge in [-0.25, -0.2) is 0 Å². The topological polar surface area (TPSA) is 68.3 Å². The Balaban J connectivity index is 1.57. The zero-order valence-electron chi connectivity index (χ0n) is 20.5. The molecule has 3 fully saturated rings. The second-order valence-electron chi connectivity index (χ2n) is 10.9. The van der Waals surface area contributed by atoms with Crippen molar-refractivity contribution in [1.82, 2.24) is 4.98 Å². The van der Waals surface area contributed by atoms with E-state index >= 15 is 0 Å². The number of hydrogen-bond acceptors (Lipinski definition) is 7. The summed E-state index contributed by atoms with van der Waals surface area (Å²) in [4.78, 5) is 4.93. The van der Waals surface area contributed by atoms with E-state index in [0.29, 0.717) is 26.4 Å². The van der Waals surface area contributed by atoms with Crippen LogP contribution in [0.5, 0.6) is 0 Å². The molecule has 3 heterocycles. The summed E-state index contributed by atoms with van der Waals surface area (Å²) in [6, 6.07) is 2.15. The Morgan fingerprint density at radius 2 is 1.82 bits per heavy atom. The molecular formula is C26H35NO6. The molecule has 1 saturated carbocycles. The molecular weight excluding hydrogens is 422 g/mol. The van der Waals surface area contributed by atoms with Crippen molar-refractivity contribution in [2.45, 2.75) is 58.2 Å². The highest BCUT2D eigenvalue weighted by Gasteiger charge is 2.82. The number of methoxy groups -OCH3 is 2. The summed E-state index contributed by atoms with van der Waals surface area (Å²) < 4.78 is 38.5. The molecule has 1 spiro atoms. The number of pyridine rings is 1. The van der Waals surface area contributed by atoms with Crippen LogP contribution in [0, 0.1) is 30.1 Å². The van der Waals surface area contributed by atoms with E-state index in [1.54, 1.807) is 14.2 Å². The van der Waals surface area contributed by atoms with Crippen molar-refractivity contribution in [1.29, 1.82) is 0 Å². The molecule has 6 rings (SSSR count). The maximum atomic E-state index is 6.57. The van der Waals surface area contributed by atoms with Gasteiger partial charge in [-0.1, -0.05) is 27.2 Å². The minimum atomic E-state index is -0.971. The van der Waals surface area contributed by atoms with E-state index in [9.17, 15) is 0 Å². The molecule has 33 heavy (non-hydrogen) atoms. The lowest BCUT2D eigenvalue weighted by Crippen LogP contribution is -2.44.